The first-order valence-electron chi connectivity index (χ1n) is 7.15. The molecule has 3 aromatic rings. The minimum atomic E-state index is -0.173. The van der Waals surface area contributed by atoms with E-state index in [1.165, 1.54) is 6.07 Å². The molecule has 0 amide bonds. The second kappa shape index (κ2) is 6.95. The van der Waals surface area contributed by atoms with Crippen LogP contribution in [0.4, 0.5) is 4.39 Å². The van der Waals surface area contributed by atoms with Crippen LogP contribution >= 0.6 is 0 Å². The average Bonchev–Trinajstić information content (AvgIpc) is 3.03. The predicted octanol–water partition coefficient (Wildman–Crippen LogP) is 3.21. The molecule has 3 rings (SSSR count). The van der Waals surface area contributed by atoms with Crippen molar-refractivity contribution in [3.05, 3.63) is 71.9 Å². The highest BCUT2D eigenvalue weighted by Gasteiger charge is 2.07. The fraction of sp³-hybridized carbons (Fsp3) is 0.176. The third kappa shape index (κ3) is 3.56. The van der Waals surface area contributed by atoms with E-state index in [0.29, 0.717) is 36.8 Å². The number of rotatable bonds is 6. The van der Waals surface area contributed by atoms with Crippen LogP contribution in [-0.2, 0) is 13.0 Å². The van der Waals surface area contributed by atoms with E-state index in [2.05, 4.69) is 15.5 Å². The van der Waals surface area contributed by atoms with Gasteiger partial charge in [-0.15, -0.1) is 0 Å². The van der Waals surface area contributed by atoms with Crippen LogP contribution in [0.25, 0.3) is 11.4 Å². The Morgan fingerprint density at radius 3 is 2.59 bits per heavy atom. The largest absolute Gasteiger partial charge is 0.338 e. The second-order valence-electron chi connectivity index (χ2n) is 4.90. The molecule has 1 N–H and O–H groups in total. The van der Waals surface area contributed by atoms with Crippen molar-refractivity contribution in [2.75, 3.05) is 6.54 Å². The molecule has 0 aliphatic rings. The molecule has 0 aliphatic carbocycles. The van der Waals surface area contributed by atoms with E-state index in [9.17, 15) is 4.39 Å². The lowest BCUT2D eigenvalue weighted by Gasteiger charge is -2.03. The van der Waals surface area contributed by atoms with Gasteiger partial charge in [0, 0.05) is 5.56 Å². The lowest BCUT2D eigenvalue weighted by molar-refractivity contribution is 0.368. The first kappa shape index (κ1) is 14.4. The van der Waals surface area contributed by atoms with Gasteiger partial charge in [-0.2, -0.15) is 4.98 Å². The molecule has 0 aliphatic heterocycles. The first-order valence-corrected chi connectivity index (χ1v) is 7.15. The van der Waals surface area contributed by atoms with Crippen molar-refractivity contribution >= 4 is 0 Å². The Balaban J connectivity index is 1.51. The third-order valence-electron chi connectivity index (χ3n) is 3.31. The Bertz CT molecular complexity index is 728. The molecule has 0 saturated carbocycles. The molecule has 0 radical (unpaired) electrons. The summed E-state index contributed by atoms with van der Waals surface area (Å²) in [5.74, 6) is 0.923. The summed E-state index contributed by atoms with van der Waals surface area (Å²) in [6.07, 6.45) is 0.617. The summed E-state index contributed by atoms with van der Waals surface area (Å²) in [6.45, 7) is 1.11. The lowest BCUT2D eigenvalue weighted by atomic mass is 10.1. The number of nitrogens with zero attached hydrogens (tertiary/aromatic N) is 2. The summed E-state index contributed by atoms with van der Waals surface area (Å²) in [6, 6.07) is 16.4. The number of aromatic nitrogens is 2. The number of nitrogens with one attached hydrogen (secondary N) is 1. The molecular formula is C17H16FN3O. The third-order valence-corrected chi connectivity index (χ3v) is 3.31. The molecule has 112 valence electrons. The van der Waals surface area contributed by atoms with E-state index in [4.69, 9.17) is 4.52 Å². The van der Waals surface area contributed by atoms with Crippen molar-refractivity contribution in [3.63, 3.8) is 0 Å². The highest BCUT2D eigenvalue weighted by molar-refractivity contribution is 5.53. The van der Waals surface area contributed by atoms with Gasteiger partial charge in [-0.25, -0.2) is 4.39 Å². The number of halogens is 1. The summed E-state index contributed by atoms with van der Waals surface area (Å²) < 4.78 is 18.7. The molecule has 1 aromatic heterocycles. The Morgan fingerprint density at radius 2 is 1.77 bits per heavy atom. The van der Waals surface area contributed by atoms with Crippen LogP contribution in [0.15, 0.2) is 59.1 Å². The normalized spacial score (nSPS) is 10.8. The van der Waals surface area contributed by atoms with Gasteiger partial charge >= 0.3 is 0 Å². The average molecular weight is 297 g/mol. The van der Waals surface area contributed by atoms with Crippen LogP contribution in [0, 0.1) is 5.82 Å². The Labute approximate surface area is 128 Å². The van der Waals surface area contributed by atoms with Gasteiger partial charge in [-0.1, -0.05) is 53.7 Å². The van der Waals surface area contributed by atoms with E-state index in [-0.39, 0.29) is 5.82 Å². The van der Waals surface area contributed by atoms with Gasteiger partial charge < -0.3 is 9.84 Å². The first-order chi connectivity index (χ1) is 10.8. The van der Waals surface area contributed by atoms with E-state index in [1.807, 2.05) is 36.4 Å². The minimum absolute atomic E-state index is 0.173. The van der Waals surface area contributed by atoms with Crippen molar-refractivity contribution in [3.8, 4) is 11.4 Å². The topological polar surface area (TPSA) is 51.0 Å². The smallest absolute Gasteiger partial charge is 0.240 e. The molecule has 22 heavy (non-hydrogen) atoms. The van der Waals surface area contributed by atoms with Crippen LogP contribution in [-0.4, -0.2) is 16.7 Å². The fourth-order valence-electron chi connectivity index (χ4n) is 2.15. The Kier molecular flexibility index (Phi) is 4.56. The second-order valence-corrected chi connectivity index (χ2v) is 4.90. The highest BCUT2D eigenvalue weighted by Crippen LogP contribution is 2.14. The molecule has 0 fully saturated rings. The Hall–Kier alpha value is -2.53. The summed E-state index contributed by atoms with van der Waals surface area (Å²) in [4.78, 5) is 4.33. The molecular weight excluding hydrogens is 281 g/mol. The zero-order valence-electron chi connectivity index (χ0n) is 12.0. The minimum Gasteiger partial charge on any atom is -0.338 e. The lowest BCUT2D eigenvalue weighted by Crippen LogP contribution is -2.17. The van der Waals surface area contributed by atoms with Gasteiger partial charge in [0.2, 0.25) is 11.7 Å². The molecule has 1 heterocycles. The van der Waals surface area contributed by atoms with Crippen LogP contribution in [0.5, 0.6) is 0 Å². The summed E-state index contributed by atoms with van der Waals surface area (Å²) in [5, 5.41) is 7.13. The van der Waals surface area contributed by atoms with Crippen molar-refractivity contribution in [1.29, 1.82) is 0 Å². The van der Waals surface area contributed by atoms with Crippen molar-refractivity contribution in [1.82, 2.24) is 15.5 Å². The molecule has 4 nitrogen and oxygen atoms in total. The van der Waals surface area contributed by atoms with E-state index in [0.717, 1.165) is 5.56 Å². The highest BCUT2D eigenvalue weighted by atomic mass is 19.1. The van der Waals surface area contributed by atoms with Gasteiger partial charge in [0.25, 0.3) is 0 Å². The summed E-state index contributed by atoms with van der Waals surface area (Å²) >= 11 is 0. The maximum atomic E-state index is 13.5. The molecule has 0 unspecified atom stereocenters. The molecule has 0 atom stereocenters. The van der Waals surface area contributed by atoms with Gasteiger partial charge in [-0.05, 0) is 24.6 Å². The van der Waals surface area contributed by atoms with Crippen LogP contribution < -0.4 is 5.32 Å². The van der Waals surface area contributed by atoms with Gasteiger partial charge in [0.05, 0.1) is 6.54 Å². The summed E-state index contributed by atoms with van der Waals surface area (Å²) in [7, 11) is 0. The monoisotopic (exact) mass is 297 g/mol. The Morgan fingerprint density at radius 1 is 1.00 bits per heavy atom. The molecule has 0 saturated heterocycles. The van der Waals surface area contributed by atoms with Crippen LogP contribution in [0.2, 0.25) is 0 Å². The number of hydrogen-bond donors (Lipinski definition) is 1. The predicted molar refractivity (Wildman–Crippen MR) is 81.5 cm³/mol. The zero-order chi connectivity index (χ0) is 15.2. The molecule has 5 heteroatoms. The molecule has 0 spiro atoms. The maximum Gasteiger partial charge on any atom is 0.240 e. The standard InChI is InChI=1S/C17H16FN3O/c18-15-9-5-4-6-13(15)10-11-19-12-16-20-17(21-22-16)14-7-2-1-3-8-14/h1-9,19H,10-12H2. The number of benzene rings is 2. The number of hydrogen-bond acceptors (Lipinski definition) is 4. The molecule has 2 aromatic carbocycles. The quantitative estimate of drug-likeness (QED) is 0.710. The molecule has 0 bridgehead atoms. The van der Waals surface area contributed by atoms with Crippen LogP contribution in [0.3, 0.4) is 0 Å². The summed E-state index contributed by atoms with van der Waals surface area (Å²) in [5.41, 5.74) is 1.62. The van der Waals surface area contributed by atoms with Crippen molar-refractivity contribution < 1.29 is 8.91 Å². The van der Waals surface area contributed by atoms with Crippen molar-refractivity contribution in [2.45, 2.75) is 13.0 Å². The SMILES string of the molecule is Fc1ccccc1CCNCc1nc(-c2ccccc2)no1. The van der Waals surface area contributed by atoms with Gasteiger partial charge in [-0.3, -0.25) is 0 Å². The maximum absolute atomic E-state index is 13.5. The van der Waals surface area contributed by atoms with Crippen molar-refractivity contribution in [2.24, 2.45) is 0 Å². The van der Waals surface area contributed by atoms with E-state index in [1.54, 1.807) is 12.1 Å². The zero-order valence-corrected chi connectivity index (χ0v) is 12.0. The van der Waals surface area contributed by atoms with Gasteiger partial charge in [0.15, 0.2) is 0 Å². The van der Waals surface area contributed by atoms with Gasteiger partial charge in [0.1, 0.15) is 5.82 Å². The fourth-order valence-corrected chi connectivity index (χ4v) is 2.15. The van der Waals surface area contributed by atoms with Crippen LogP contribution in [0.1, 0.15) is 11.5 Å². The van der Waals surface area contributed by atoms with E-state index < -0.39 is 0 Å². The van der Waals surface area contributed by atoms with E-state index >= 15 is 0 Å².